The van der Waals surface area contributed by atoms with E-state index in [0.29, 0.717) is 53.8 Å². The Morgan fingerprint density at radius 1 is 1.03 bits per heavy atom. The van der Waals surface area contributed by atoms with Crippen LogP contribution >= 0.6 is 0 Å². The van der Waals surface area contributed by atoms with E-state index < -0.39 is 0 Å². The number of hydrogen-bond donors (Lipinski definition) is 3. The maximum atomic E-state index is 5.62. The van der Waals surface area contributed by atoms with Crippen LogP contribution < -0.4 is 15.4 Å². The summed E-state index contributed by atoms with van der Waals surface area (Å²) in [6, 6.07) is 11.2. The molecule has 0 amide bonds. The minimum atomic E-state index is 0.415. The van der Waals surface area contributed by atoms with Crippen LogP contribution in [0.5, 0.6) is 5.75 Å². The van der Waals surface area contributed by atoms with E-state index in [0.717, 1.165) is 11.3 Å². The molecule has 5 aromatic heterocycles. The molecule has 0 saturated carbocycles. The Morgan fingerprint density at radius 2 is 1.97 bits per heavy atom. The van der Waals surface area contributed by atoms with Crippen molar-refractivity contribution in [3.05, 3.63) is 60.8 Å². The molecule has 0 unspecified atom stereocenters. The Bertz CT molecular complexity index is 1400. The number of pyridine rings is 1. The average Bonchev–Trinajstić information content (AvgIpc) is 3.47. The van der Waals surface area contributed by atoms with Gasteiger partial charge in [0.2, 0.25) is 0 Å². The third kappa shape index (κ3) is 4.61. The Kier molecular flexibility index (Phi) is 5.95. The van der Waals surface area contributed by atoms with Gasteiger partial charge in [0.25, 0.3) is 0 Å². The van der Waals surface area contributed by atoms with E-state index >= 15 is 0 Å². The fourth-order valence-corrected chi connectivity index (χ4v) is 3.40. The molecule has 0 aromatic carbocycles. The van der Waals surface area contributed by atoms with Crippen LogP contribution in [0.4, 0.5) is 23.3 Å². The number of nitrogens with one attached hydrogen (secondary N) is 3. The van der Waals surface area contributed by atoms with Crippen molar-refractivity contribution in [3.8, 4) is 17.1 Å². The lowest BCUT2D eigenvalue weighted by Gasteiger charge is -2.10. The van der Waals surface area contributed by atoms with Crippen LogP contribution in [0.25, 0.3) is 17.0 Å². The second kappa shape index (κ2) is 9.50. The molecule has 3 N–H and O–H groups in total. The highest BCUT2D eigenvalue weighted by molar-refractivity contribution is 5.78. The number of ether oxygens (including phenoxy) is 2. The lowest BCUT2D eigenvalue weighted by atomic mass is 10.2. The van der Waals surface area contributed by atoms with Gasteiger partial charge in [0, 0.05) is 31.5 Å². The van der Waals surface area contributed by atoms with Crippen LogP contribution in [0.3, 0.4) is 0 Å². The Labute approximate surface area is 194 Å². The van der Waals surface area contributed by atoms with Crippen molar-refractivity contribution < 1.29 is 9.47 Å². The van der Waals surface area contributed by atoms with Gasteiger partial charge in [-0.15, -0.1) is 5.10 Å². The van der Waals surface area contributed by atoms with Crippen molar-refractivity contribution in [2.24, 2.45) is 0 Å². The van der Waals surface area contributed by atoms with E-state index in [1.54, 1.807) is 25.6 Å². The summed E-state index contributed by atoms with van der Waals surface area (Å²) >= 11 is 0. The number of rotatable bonds is 9. The number of H-pyrrole nitrogens is 1. The maximum absolute atomic E-state index is 5.62. The molecule has 172 valence electrons. The highest BCUT2D eigenvalue weighted by Gasteiger charge is 2.18. The number of hydrogen-bond acceptors (Lipinski definition) is 10. The molecule has 34 heavy (non-hydrogen) atoms. The van der Waals surface area contributed by atoms with Crippen molar-refractivity contribution in [3.63, 3.8) is 0 Å². The molecule has 5 rings (SSSR count). The van der Waals surface area contributed by atoms with Gasteiger partial charge < -0.3 is 20.1 Å². The van der Waals surface area contributed by atoms with Crippen molar-refractivity contribution in [2.75, 3.05) is 31.0 Å². The van der Waals surface area contributed by atoms with Crippen molar-refractivity contribution >= 4 is 28.9 Å². The van der Waals surface area contributed by atoms with Crippen LogP contribution in [-0.4, -0.2) is 60.1 Å². The van der Waals surface area contributed by atoms with E-state index in [1.807, 2.05) is 47.9 Å². The van der Waals surface area contributed by atoms with Crippen molar-refractivity contribution in [1.82, 2.24) is 39.7 Å². The van der Waals surface area contributed by atoms with E-state index in [-0.39, 0.29) is 0 Å². The van der Waals surface area contributed by atoms with Crippen LogP contribution in [-0.2, 0) is 4.74 Å². The third-order valence-electron chi connectivity index (χ3n) is 4.81. The molecule has 0 aliphatic heterocycles. The zero-order valence-electron chi connectivity index (χ0n) is 18.6. The van der Waals surface area contributed by atoms with E-state index in [1.165, 1.54) is 0 Å². The normalized spacial score (nSPS) is 11.0. The molecule has 0 fully saturated rings. The fourth-order valence-electron chi connectivity index (χ4n) is 3.40. The topological polar surface area (TPSA) is 140 Å². The first kappa shape index (κ1) is 21.3. The number of aryl methyl sites for hydroxylation is 1. The smallest absolute Gasteiger partial charge is 0.160 e. The molecule has 5 heterocycles. The number of fused-ring (bicyclic) bond motifs is 1. The van der Waals surface area contributed by atoms with Crippen molar-refractivity contribution in [1.29, 1.82) is 0 Å². The van der Waals surface area contributed by atoms with Gasteiger partial charge in [-0.1, -0.05) is 6.07 Å². The molecule has 0 atom stereocenters. The van der Waals surface area contributed by atoms with E-state index in [9.17, 15) is 0 Å². The van der Waals surface area contributed by atoms with Crippen LogP contribution in [0, 0.1) is 6.92 Å². The van der Waals surface area contributed by atoms with Gasteiger partial charge in [-0.05, 0) is 19.1 Å². The lowest BCUT2D eigenvalue weighted by molar-refractivity contribution is 0.146. The summed E-state index contributed by atoms with van der Waals surface area (Å²) in [7, 11) is 1.62. The zero-order valence-corrected chi connectivity index (χ0v) is 18.6. The lowest BCUT2D eigenvalue weighted by Crippen LogP contribution is -2.06. The van der Waals surface area contributed by atoms with Crippen molar-refractivity contribution in [2.45, 2.75) is 6.92 Å². The molecule has 0 bridgehead atoms. The van der Waals surface area contributed by atoms with Gasteiger partial charge in [-0.2, -0.15) is 10.2 Å². The Morgan fingerprint density at radius 3 is 2.82 bits per heavy atom. The predicted molar refractivity (Wildman–Crippen MR) is 126 cm³/mol. The van der Waals surface area contributed by atoms with Gasteiger partial charge in [0.15, 0.2) is 11.6 Å². The molecule has 5 aromatic rings. The van der Waals surface area contributed by atoms with Gasteiger partial charge in [-0.25, -0.2) is 15.0 Å². The molecular formula is C22H22N10O2. The van der Waals surface area contributed by atoms with Gasteiger partial charge in [0.1, 0.15) is 41.2 Å². The molecule has 0 saturated heterocycles. The summed E-state index contributed by atoms with van der Waals surface area (Å²) in [5.74, 6) is 3.56. The van der Waals surface area contributed by atoms with Crippen LogP contribution in [0.1, 0.15) is 5.82 Å². The first-order valence-electron chi connectivity index (χ1n) is 10.5. The summed E-state index contributed by atoms with van der Waals surface area (Å²) in [4.78, 5) is 13.9. The molecule has 0 radical (unpaired) electrons. The summed E-state index contributed by atoms with van der Waals surface area (Å²) < 4.78 is 12.6. The summed E-state index contributed by atoms with van der Waals surface area (Å²) in [6.07, 6.45) is 5.15. The summed E-state index contributed by atoms with van der Waals surface area (Å²) in [5, 5.41) is 21.5. The molecular weight excluding hydrogens is 436 g/mol. The van der Waals surface area contributed by atoms with Crippen LogP contribution in [0.15, 0.2) is 55.0 Å². The zero-order chi connectivity index (χ0) is 23.3. The summed E-state index contributed by atoms with van der Waals surface area (Å²) in [6.45, 7) is 2.72. The number of aromatic nitrogens is 8. The van der Waals surface area contributed by atoms with E-state index in [4.69, 9.17) is 14.5 Å². The molecule has 12 nitrogen and oxygen atoms in total. The largest absolute Gasteiger partial charge is 0.489 e. The second-order valence-corrected chi connectivity index (χ2v) is 7.26. The second-order valence-electron chi connectivity index (χ2n) is 7.26. The quantitative estimate of drug-likeness (QED) is 0.282. The molecule has 12 heteroatoms. The number of methoxy groups -OCH3 is 1. The fraction of sp³-hybridized carbons (Fsp3) is 0.182. The highest BCUT2D eigenvalue weighted by Crippen LogP contribution is 2.31. The molecule has 0 aliphatic carbocycles. The van der Waals surface area contributed by atoms with Gasteiger partial charge in [0.05, 0.1) is 24.7 Å². The number of nitrogens with zero attached hydrogens (tertiary/aromatic N) is 7. The first-order chi connectivity index (χ1) is 16.7. The standard InChI is InChI=1S/C22H22N10O2/c1-14-25-16(12-18(26-14)27-19-11-15(13-24-31-19)34-10-9-33-2)21-22(28-17-6-7-23-30-17)29-20-5-3-4-8-32(20)21/h3-8,11-13H,9-10H2,1-2H3,(H2,23,28,30)(H,25,26,27,31). The summed E-state index contributed by atoms with van der Waals surface area (Å²) in [5.41, 5.74) is 2.23. The Hall–Kier alpha value is -4.58. The average molecular weight is 458 g/mol. The molecule has 0 spiro atoms. The van der Waals surface area contributed by atoms with Gasteiger partial charge >= 0.3 is 0 Å². The number of anilines is 4. The van der Waals surface area contributed by atoms with Gasteiger partial charge in [-0.3, -0.25) is 9.50 Å². The molecule has 0 aliphatic rings. The minimum absolute atomic E-state index is 0.415. The number of aromatic amines is 1. The monoisotopic (exact) mass is 458 g/mol. The maximum Gasteiger partial charge on any atom is 0.160 e. The highest BCUT2D eigenvalue weighted by atomic mass is 16.5. The number of imidazole rings is 1. The van der Waals surface area contributed by atoms with E-state index in [2.05, 4.69) is 41.0 Å². The predicted octanol–water partition coefficient (Wildman–Crippen LogP) is 3.13. The SMILES string of the molecule is COCCOc1cnnc(Nc2cc(-c3c(Nc4ccn[nH]4)nc4ccccn34)nc(C)n2)c1. The first-order valence-corrected chi connectivity index (χ1v) is 10.5. The Balaban J connectivity index is 1.49. The van der Waals surface area contributed by atoms with Crippen LogP contribution in [0.2, 0.25) is 0 Å². The minimum Gasteiger partial charge on any atom is -0.489 e. The third-order valence-corrected chi connectivity index (χ3v) is 4.81.